The Bertz CT molecular complexity index is 1280. The number of nitrogens with zero attached hydrogens (tertiary/aromatic N) is 3. The quantitative estimate of drug-likeness (QED) is 0.482. The lowest BCUT2D eigenvalue weighted by Gasteiger charge is -2.35. The smallest absolute Gasteiger partial charge is 0.260 e. The van der Waals surface area contributed by atoms with Gasteiger partial charge in [0.2, 0.25) is 0 Å². The van der Waals surface area contributed by atoms with Crippen molar-refractivity contribution in [1.29, 1.82) is 0 Å². The first-order valence-electron chi connectivity index (χ1n) is 10.1. The fourth-order valence-corrected chi connectivity index (χ4v) is 5.11. The topological polar surface area (TPSA) is 52.2 Å². The molecule has 0 amide bonds. The number of halogens is 2. The zero-order valence-electron chi connectivity index (χ0n) is 16.6. The van der Waals surface area contributed by atoms with Crippen molar-refractivity contribution in [3.8, 4) is 11.1 Å². The summed E-state index contributed by atoms with van der Waals surface area (Å²) in [6.07, 6.45) is 0. The van der Waals surface area contributed by atoms with Crippen LogP contribution in [0.1, 0.15) is 5.82 Å². The van der Waals surface area contributed by atoms with E-state index in [1.807, 2.05) is 23.6 Å². The predicted molar refractivity (Wildman–Crippen MR) is 125 cm³/mol. The van der Waals surface area contributed by atoms with Gasteiger partial charge in [-0.1, -0.05) is 29.8 Å². The van der Waals surface area contributed by atoms with Crippen LogP contribution in [-0.2, 0) is 6.54 Å². The molecule has 3 heterocycles. The molecule has 0 spiro atoms. The monoisotopic (exact) mass is 454 g/mol. The summed E-state index contributed by atoms with van der Waals surface area (Å²) in [5.74, 6) is 0.370. The first-order valence-corrected chi connectivity index (χ1v) is 11.3. The average molecular weight is 455 g/mol. The van der Waals surface area contributed by atoms with Crippen LogP contribution in [0, 0.1) is 5.82 Å². The van der Waals surface area contributed by atoms with Gasteiger partial charge >= 0.3 is 0 Å². The highest BCUT2D eigenvalue weighted by atomic mass is 35.5. The van der Waals surface area contributed by atoms with Crippen LogP contribution in [-0.4, -0.2) is 41.0 Å². The van der Waals surface area contributed by atoms with Crippen molar-refractivity contribution >= 4 is 38.8 Å². The summed E-state index contributed by atoms with van der Waals surface area (Å²) in [4.78, 5) is 25.8. The molecule has 2 aromatic carbocycles. The zero-order valence-corrected chi connectivity index (χ0v) is 18.2. The van der Waals surface area contributed by atoms with Gasteiger partial charge in [0.25, 0.3) is 5.56 Å². The summed E-state index contributed by atoms with van der Waals surface area (Å²) in [5, 5.41) is 3.21. The number of hydrogen-bond acceptors (Lipinski definition) is 5. The van der Waals surface area contributed by atoms with Gasteiger partial charge in [-0.05, 0) is 35.9 Å². The molecule has 8 heteroatoms. The van der Waals surface area contributed by atoms with Crippen LogP contribution in [0.5, 0.6) is 0 Å². The molecule has 1 aliphatic heterocycles. The summed E-state index contributed by atoms with van der Waals surface area (Å²) in [7, 11) is 0. The average Bonchev–Trinajstić information content (AvgIpc) is 3.19. The first kappa shape index (κ1) is 20.2. The Hall–Kier alpha value is -2.74. The minimum Gasteiger partial charge on any atom is -0.369 e. The van der Waals surface area contributed by atoms with E-state index >= 15 is 0 Å². The number of benzene rings is 2. The second kappa shape index (κ2) is 8.42. The second-order valence-corrected chi connectivity index (χ2v) is 8.89. The third kappa shape index (κ3) is 4.21. The molecule has 0 saturated carbocycles. The fraction of sp³-hybridized carbons (Fsp3) is 0.217. The third-order valence-corrected chi connectivity index (χ3v) is 6.67. The minimum absolute atomic E-state index is 0.155. The third-order valence-electron chi connectivity index (χ3n) is 5.57. The van der Waals surface area contributed by atoms with Crippen molar-refractivity contribution in [2.45, 2.75) is 6.54 Å². The van der Waals surface area contributed by atoms with Gasteiger partial charge in [-0.25, -0.2) is 9.37 Å². The van der Waals surface area contributed by atoms with E-state index in [1.165, 1.54) is 23.5 Å². The normalized spacial score (nSPS) is 15.0. The molecule has 0 atom stereocenters. The molecule has 0 unspecified atom stereocenters. The second-order valence-electron chi connectivity index (χ2n) is 7.59. The van der Waals surface area contributed by atoms with Crippen molar-refractivity contribution < 1.29 is 4.39 Å². The molecule has 1 fully saturated rings. The van der Waals surface area contributed by atoms with Gasteiger partial charge in [0.1, 0.15) is 16.5 Å². The van der Waals surface area contributed by atoms with E-state index in [4.69, 9.17) is 16.6 Å². The highest BCUT2D eigenvalue weighted by Gasteiger charge is 2.19. The predicted octanol–water partition coefficient (Wildman–Crippen LogP) is 4.77. The molecule has 0 radical (unpaired) electrons. The maximum Gasteiger partial charge on any atom is 0.260 e. The Morgan fingerprint density at radius 1 is 1.10 bits per heavy atom. The van der Waals surface area contributed by atoms with E-state index in [-0.39, 0.29) is 11.4 Å². The van der Waals surface area contributed by atoms with Crippen LogP contribution in [0.2, 0.25) is 5.02 Å². The minimum atomic E-state index is -0.298. The Morgan fingerprint density at radius 3 is 2.61 bits per heavy atom. The highest BCUT2D eigenvalue weighted by Crippen LogP contribution is 2.31. The van der Waals surface area contributed by atoms with Crippen molar-refractivity contribution in [2.75, 3.05) is 31.1 Å². The van der Waals surface area contributed by atoms with Gasteiger partial charge in [0, 0.05) is 47.8 Å². The van der Waals surface area contributed by atoms with E-state index in [0.717, 1.165) is 48.0 Å². The Balaban J connectivity index is 1.32. The summed E-state index contributed by atoms with van der Waals surface area (Å²) < 4.78 is 13.2. The largest absolute Gasteiger partial charge is 0.369 e. The zero-order chi connectivity index (χ0) is 21.4. The van der Waals surface area contributed by atoms with Crippen LogP contribution < -0.4 is 10.5 Å². The van der Waals surface area contributed by atoms with Crippen LogP contribution in [0.3, 0.4) is 0 Å². The fourth-order valence-electron chi connectivity index (χ4n) is 3.96. The maximum absolute atomic E-state index is 13.2. The number of hydrogen-bond donors (Lipinski definition) is 1. The number of aromatic nitrogens is 2. The maximum atomic E-state index is 13.2. The van der Waals surface area contributed by atoms with Crippen molar-refractivity contribution in [1.82, 2.24) is 14.9 Å². The standard InChI is InChI=1S/C23H20ClFN4OS/c24-16-2-1-3-18(12-16)29-10-8-28(9-11-29)13-20-26-22(30)21-19(14-31-23(21)27-20)15-4-6-17(25)7-5-15/h1-7,12,14H,8-11,13H2,(H,26,27,30). The number of H-pyrrole nitrogens is 1. The molecule has 5 rings (SSSR count). The summed E-state index contributed by atoms with van der Waals surface area (Å²) >= 11 is 7.55. The molecule has 1 aliphatic rings. The van der Waals surface area contributed by atoms with E-state index in [0.29, 0.717) is 22.6 Å². The first-order chi connectivity index (χ1) is 15.1. The lowest BCUT2D eigenvalue weighted by molar-refractivity contribution is 0.244. The molecule has 0 aliphatic carbocycles. The highest BCUT2D eigenvalue weighted by molar-refractivity contribution is 7.17. The number of thiophene rings is 1. The van der Waals surface area contributed by atoms with Crippen molar-refractivity contribution in [3.05, 3.63) is 80.9 Å². The number of aromatic amines is 1. The molecular weight excluding hydrogens is 435 g/mol. The number of fused-ring (bicyclic) bond motifs is 1. The van der Waals surface area contributed by atoms with Crippen LogP contribution in [0.15, 0.2) is 58.7 Å². The van der Waals surface area contributed by atoms with E-state index in [2.05, 4.69) is 20.9 Å². The Morgan fingerprint density at radius 2 is 1.87 bits per heavy atom. The Kier molecular flexibility index (Phi) is 5.48. The summed E-state index contributed by atoms with van der Waals surface area (Å²) in [6, 6.07) is 14.1. The lowest BCUT2D eigenvalue weighted by atomic mass is 10.1. The Labute approximate surface area is 187 Å². The van der Waals surface area contributed by atoms with Gasteiger partial charge < -0.3 is 9.88 Å². The van der Waals surface area contributed by atoms with Gasteiger partial charge in [0.15, 0.2) is 0 Å². The molecule has 4 aromatic rings. The van der Waals surface area contributed by atoms with Crippen LogP contribution in [0.25, 0.3) is 21.3 Å². The number of piperazine rings is 1. The summed E-state index contributed by atoms with van der Waals surface area (Å²) in [5.41, 5.74) is 2.57. The summed E-state index contributed by atoms with van der Waals surface area (Å²) in [6.45, 7) is 4.12. The molecule has 158 valence electrons. The van der Waals surface area contributed by atoms with Gasteiger partial charge in [0.05, 0.1) is 11.9 Å². The number of nitrogens with one attached hydrogen (secondary N) is 1. The molecule has 5 nitrogen and oxygen atoms in total. The van der Waals surface area contributed by atoms with Gasteiger partial charge in [-0.15, -0.1) is 11.3 Å². The number of anilines is 1. The van der Waals surface area contributed by atoms with E-state index < -0.39 is 0 Å². The molecule has 31 heavy (non-hydrogen) atoms. The molecule has 2 aromatic heterocycles. The van der Waals surface area contributed by atoms with E-state index in [9.17, 15) is 9.18 Å². The van der Waals surface area contributed by atoms with Crippen molar-refractivity contribution in [2.24, 2.45) is 0 Å². The van der Waals surface area contributed by atoms with Crippen LogP contribution in [0.4, 0.5) is 10.1 Å². The van der Waals surface area contributed by atoms with E-state index in [1.54, 1.807) is 12.1 Å². The molecule has 0 bridgehead atoms. The molecule has 1 saturated heterocycles. The number of rotatable bonds is 4. The molecular formula is C23H20ClFN4OS. The molecule has 1 N–H and O–H groups in total. The lowest BCUT2D eigenvalue weighted by Crippen LogP contribution is -2.46. The van der Waals surface area contributed by atoms with Gasteiger partial charge in [-0.3, -0.25) is 9.69 Å². The van der Waals surface area contributed by atoms with Crippen LogP contribution >= 0.6 is 22.9 Å². The SMILES string of the molecule is O=c1[nH]c(CN2CCN(c3cccc(Cl)c3)CC2)nc2scc(-c3ccc(F)cc3)c12. The van der Waals surface area contributed by atoms with Gasteiger partial charge in [-0.2, -0.15) is 0 Å². The van der Waals surface area contributed by atoms with Crippen molar-refractivity contribution in [3.63, 3.8) is 0 Å².